The molecule has 0 saturated heterocycles. The molecule has 0 fully saturated rings. The number of nitrogens with one attached hydrogen (secondary N) is 3. The monoisotopic (exact) mass is 640 g/mol. The number of hydrogen-bond donors (Lipinski definition) is 3. The van der Waals surface area contributed by atoms with Crippen LogP contribution in [-0.4, -0.2) is 26.4 Å². The van der Waals surface area contributed by atoms with Crippen LogP contribution in [0, 0.1) is 13.8 Å². The molecule has 0 unspecified atom stereocenters. The summed E-state index contributed by atoms with van der Waals surface area (Å²) < 4.78 is 81.3. The van der Waals surface area contributed by atoms with E-state index < -0.39 is 35.0 Å². The van der Waals surface area contributed by atoms with Gasteiger partial charge in [0, 0.05) is 23.1 Å². The molecule has 14 heteroatoms. The maximum absolute atomic E-state index is 13.3. The Morgan fingerprint density at radius 2 is 1.50 bits per heavy atom. The molecule has 0 aliphatic heterocycles. The summed E-state index contributed by atoms with van der Waals surface area (Å²) in [6.07, 6.45) is -7.36. The van der Waals surface area contributed by atoms with E-state index in [4.69, 9.17) is 0 Å². The summed E-state index contributed by atoms with van der Waals surface area (Å²) in [4.78, 5) is 30.4. The number of aryl methyl sites for hydroxylation is 2. The summed E-state index contributed by atoms with van der Waals surface area (Å²) in [6, 6.07) is 14.3. The Morgan fingerprint density at radius 3 is 2.13 bits per heavy atom. The van der Waals surface area contributed by atoms with Crippen molar-refractivity contribution in [1.82, 2.24) is 19.9 Å². The van der Waals surface area contributed by atoms with Gasteiger partial charge in [0.25, 0.3) is 11.8 Å². The van der Waals surface area contributed by atoms with Gasteiger partial charge in [-0.2, -0.15) is 31.4 Å². The fourth-order valence-corrected chi connectivity index (χ4v) is 4.83. The smallest absolute Gasteiger partial charge is 0.345 e. The van der Waals surface area contributed by atoms with Crippen LogP contribution in [0.25, 0.3) is 5.52 Å². The highest BCUT2D eigenvalue weighted by Gasteiger charge is 2.37. The predicted molar refractivity (Wildman–Crippen MR) is 159 cm³/mol. The van der Waals surface area contributed by atoms with E-state index in [0.717, 1.165) is 5.56 Å². The molecule has 238 valence electrons. The molecule has 0 saturated carbocycles. The first kappa shape index (κ1) is 32.0. The summed E-state index contributed by atoms with van der Waals surface area (Å²) in [5.74, 6) is -1.19. The van der Waals surface area contributed by atoms with Crippen LogP contribution >= 0.6 is 0 Å². The lowest BCUT2D eigenvalue weighted by Gasteiger charge is -2.15. The first-order chi connectivity index (χ1) is 21.6. The minimum Gasteiger partial charge on any atom is -0.345 e. The van der Waals surface area contributed by atoms with Gasteiger partial charge in [-0.3, -0.25) is 9.59 Å². The fourth-order valence-electron chi connectivity index (χ4n) is 4.83. The number of nitrogens with zero attached hydrogens (tertiary/aromatic N) is 3. The minimum atomic E-state index is -5.10. The number of fused-ring (bicyclic) bond motifs is 1. The van der Waals surface area contributed by atoms with Crippen LogP contribution in [0.2, 0.25) is 0 Å². The summed E-state index contributed by atoms with van der Waals surface area (Å²) in [5.41, 5.74) is -0.477. The third-order valence-electron chi connectivity index (χ3n) is 7.32. The highest BCUT2D eigenvalue weighted by molar-refractivity contribution is 6.05. The molecule has 5 rings (SSSR count). The van der Waals surface area contributed by atoms with Crippen molar-refractivity contribution in [2.75, 3.05) is 10.6 Å². The zero-order valence-corrected chi connectivity index (χ0v) is 24.5. The van der Waals surface area contributed by atoms with E-state index in [2.05, 4.69) is 26.0 Å². The molecule has 3 N–H and O–H groups in total. The van der Waals surface area contributed by atoms with Crippen molar-refractivity contribution in [1.29, 1.82) is 0 Å². The summed E-state index contributed by atoms with van der Waals surface area (Å²) in [6.45, 7) is 5.34. The summed E-state index contributed by atoms with van der Waals surface area (Å²) in [5, 5.41) is 12.7. The molecule has 5 aromatic rings. The Balaban J connectivity index is 1.41. The van der Waals surface area contributed by atoms with Gasteiger partial charge in [-0.15, -0.1) is 0 Å². The van der Waals surface area contributed by atoms with Gasteiger partial charge in [-0.1, -0.05) is 36.4 Å². The minimum absolute atomic E-state index is 0.0460. The number of amides is 2. The van der Waals surface area contributed by atoms with Gasteiger partial charge in [0.05, 0.1) is 22.7 Å². The second kappa shape index (κ2) is 12.2. The highest BCUT2D eigenvalue weighted by atomic mass is 19.4. The molecule has 0 bridgehead atoms. The Kier molecular flexibility index (Phi) is 8.48. The molecule has 0 spiro atoms. The van der Waals surface area contributed by atoms with Gasteiger partial charge in [0.15, 0.2) is 5.82 Å². The standard InChI is InChI=1S/C32H26F6N6O2/c1-17-9-10-24(42-29(45)21-11-22(31(33,34)35)13-23(12-21)32(36,37)38)14-26(17)43-28-27-18(2)25(15-44(27)40-16-39-28)30(46)41-19(3)20-7-5-4-6-8-20/h4-16,19H,1-3H3,(H,41,46)(H,42,45)(H,39,40,43)/t19-/m0/s1. The Morgan fingerprint density at radius 1 is 0.848 bits per heavy atom. The Hall–Kier alpha value is -5.40. The van der Waals surface area contributed by atoms with E-state index in [-0.39, 0.29) is 23.7 Å². The van der Waals surface area contributed by atoms with Crippen molar-refractivity contribution in [3.63, 3.8) is 0 Å². The SMILES string of the molecule is Cc1ccc(NC(=O)c2cc(C(F)(F)F)cc(C(F)(F)F)c2)cc1Nc1ncnn2cc(C(=O)N[C@@H](C)c3ccccc3)c(C)c12. The third-order valence-corrected chi connectivity index (χ3v) is 7.32. The largest absolute Gasteiger partial charge is 0.416 e. The number of halogens is 6. The van der Waals surface area contributed by atoms with Crippen molar-refractivity contribution >= 4 is 34.5 Å². The Labute approximate surface area is 258 Å². The van der Waals surface area contributed by atoms with Crippen LogP contribution < -0.4 is 16.0 Å². The van der Waals surface area contributed by atoms with Gasteiger partial charge in [-0.25, -0.2) is 9.50 Å². The Bertz CT molecular complexity index is 1900. The van der Waals surface area contributed by atoms with Crippen molar-refractivity contribution in [2.45, 2.75) is 39.2 Å². The number of hydrogen-bond acceptors (Lipinski definition) is 5. The highest BCUT2D eigenvalue weighted by Crippen LogP contribution is 2.37. The first-order valence-corrected chi connectivity index (χ1v) is 13.8. The molecule has 0 radical (unpaired) electrons. The molecule has 0 aliphatic carbocycles. The van der Waals surface area contributed by atoms with E-state index in [1.807, 2.05) is 37.3 Å². The number of alkyl halides is 6. The lowest BCUT2D eigenvalue weighted by atomic mass is 10.0. The molecule has 8 nitrogen and oxygen atoms in total. The maximum Gasteiger partial charge on any atom is 0.416 e. The number of benzene rings is 3. The van der Waals surface area contributed by atoms with E-state index in [1.165, 1.54) is 23.0 Å². The van der Waals surface area contributed by atoms with E-state index >= 15 is 0 Å². The van der Waals surface area contributed by atoms with E-state index in [1.54, 1.807) is 26.1 Å². The zero-order valence-electron chi connectivity index (χ0n) is 24.5. The van der Waals surface area contributed by atoms with Crippen LogP contribution in [0.15, 0.2) is 79.3 Å². The third kappa shape index (κ3) is 6.80. The maximum atomic E-state index is 13.3. The number of anilines is 3. The van der Waals surface area contributed by atoms with E-state index in [9.17, 15) is 35.9 Å². The van der Waals surface area contributed by atoms with Crippen LogP contribution in [0.1, 0.15) is 61.5 Å². The normalized spacial score (nSPS) is 12.5. The molecule has 2 heterocycles. The molecule has 0 aliphatic rings. The number of carbonyl (C=O) groups excluding carboxylic acids is 2. The van der Waals surface area contributed by atoms with E-state index in [0.29, 0.717) is 45.8 Å². The molecular formula is C32H26F6N6O2. The molecular weight excluding hydrogens is 614 g/mol. The zero-order chi connectivity index (χ0) is 33.4. The second-order valence-corrected chi connectivity index (χ2v) is 10.6. The quantitative estimate of drug-likeness (QED) is 0.157. The molecule has 46 heavy (non-hydrogen) atoms. The van der Waals surface area contributed by atoms with Gasteiger partial charge in [0.2, 0.25) is 0 Å². The number of aromatic nitrogens is 3. The summed E-state index contributed by atoms with van der Waals surface area (Å²) in [7, 11) is 0. The average molecular weight is 641 g/mol. The van der Waals surface area contributed by atoms with Crippen LogP contribution in [-0.2, 0) is 12.4 Å². The fraction of sp³-hybridized carbons (Fsp3) is 0.188. The topological polar surface area (TPSA) is 100 Å². The van der Waals surface area contributed by atoms with Crippen LogP contribution in [0.4, 0.5) is 43.5 Å². The molecule has 3 aromatic carbocycles. The van der Waals surface area contributed by atoms with Gasteiger partial charge >= 0.3 is 12.4 Å². The van der Waals surface area contributed by atoms with Gasteiger partial charge < -0.3 is 16.0 Å². The van der Waals surface area contributed by atoms with Crippen LogP contribution in [0.5, 0.6) is 0 Å². The summed E-state index contributed by atoms with van der Waals surface area (Å²) >= 11 is 0. The molecule has 1 atom stereocenters. The average Bonchev–Trinajstić information content (AvgIpc) is 3.35. The lowest BCUT2D eigenvalue weighted by molar-refractivity contribution is -0.143. The molecule has 2 aromatic heterocycles. The van der Waals surface area contributed by atoms with Crippen molar-refractivity contribution in [2.24, 2.45) is 0 Å². The van der Waals surface area contributed by atoms with Crippen molar-refractivity contribution in [3.05, 3.63) is 118 Å². The predicted octanol–water partition coefficient (Wildman–Crippen LogP) is 7.87. The molecule has 2 amide bonds. The number of carbonyl (C=O) groups is 2. The lowest BCUT2D eigenvalue weighted by Crippen LogP contribution is -2.26. The first-order valence-electron chi connectivity index (χ1n) is 13.8. The van der Waals surface area contributed by atoms with Gasteiger partial charge in [0.1, 0.15) is 11.8 Å². The van der Waals surface area contributed by atoms with Crippen molar-refractivity contribution in [3.8, 4) is 0 Å². The van der Waals surface area contributed by atoms with Gasteiger partial charge in [-0.05, 0) is 67.8 Å². The van der Waals surface area contributed by atoms with Crippen LogP contribution in [0.3, 0.4) is 0 Å². The van der Waals surface area contributed by atoms with Crippen molar-refractivity contribution < 1.29 is 35.9 Å². The number of rotatable bonds is 7. The second-order valence-electron chi connectivity index (χ2n) is 10.6.